The molecule has 2 aromatic carbocycles. The summed E-state index contributed by atoms with van der Waals surface area (Å²) in [5.74, 6) is -0.857. The number of halogens is 1. The molecule has 19 heavy (non-hydrogen) atoms. The summed E-state index contributed by atoms with van der Waals surface area (Å²) in [6, 6.07) is 14.8. The summed E-state index contributed by atoms with van der Waals surface area (Å²) in [7, 11) is 2.01. The fourth-order valence-electron chi connectivity index (χ4n) is 2.00. The van der Waals surface area contributed by atoms with Crippen LogP contribution in [0.3, 0.4) is 0 Å². The molecule has 0 amide bonds. The van der Waals surface area contributed by atoms with Crippen LogP contribution in [-0.4, -0.2) is 23.6 Å². The quantitative estimate of drug-likeness (QED) is 0.891. The van der Waals surface area contributed by atoms with Crippen molar-refractivity contribution >= 4 is 0 Å². The minimum atomic E-state index is -0.561. The summed E-state index contributed by atoms with van der Waals surface area (Å²) in [5, 5.41) is 9.14. The van der Waals surface area contributed by atoms with Gasteiger partial charge >= 0.3 is 0 Å². The average molecular weight is 259 g/mol. The molecule has 0 radical (unpaired) electrons. The number of rotatable bonds is 5. The standard InChI is InChI=1S/C16H18FNO/c1-18(10-9-13-5-3-2-4-6-13)12-14-7-8-16(19)15(17)11-14/h2-8,11,19H,9-10,12H2,1H3. The van der Waals surface area contributed by atoms with Gasteiger partial charge in [0.15, 0.2) is 11.6 Å². The van der Waals surface area contributed by atoms with Crippen molar-refractivity contribution in [3.8, 4) is 5.75 Å². The molecule has 0 fully saturated rings. The highest BCUT2D eigenvalue weighted by Gasteiger charge is 2.05. The maximum absolute atomic E-state index is 13.2. The van der Waals surface area contributed by atoms with E-state index >= 15 is 0 Å². The second-order valence-corrected chi connectivity index (χ2v) is 4.76. The molecule has 0 heterocycles. The third-order valence-electron chi connectivity index (χ3n) is 3.09. The van der Waals surface area contributed by atoms with Crippen molar-refractivity contribution in [2.45, 2.75) is 13.0 Å². The van der Waals surface area contributed by atoms with E-state index in [2.05, 4.69) is 17.0 Å². The summed E-state index contributed by atoms with van der Waals surface area (Å²) in [6.45, 7) is 1.58. The second-order valence-electron chi connectivity index (χ2n) is 4.76. The smallest absolute Gasteiger partial charge is 0.165 e. The Bertz CT molecular complexity index is 528. The lowest BCUT2D eigenvalue weighted by Crippen LogP contribution is -2.20. The monoisotopic (exact) mass is 259 g/mol. The van der Waals surface area contributed by atoms with E-state index in [4.69, 9.17) is 5.11 Å². The van der Waals surface area contributed by atoms with Crippen molar-refractivity contribution < 1.29 is 9.50 Å². The summed E-state index contributed by atoms with van der Waals surface area (Å²) in [6.07, 6.45) is 0.970. The van der Waals surface area contributed by atoms with Gasteiger partial charge in [-0.1, -0.05) is 36.4 Å². The molecule has 0 saturated carbocycles. The highest BCUT2D eigenvalue weighted by Crippen LogP contribution is 2.17. The van der Waals surface area contributed by atoms with Crippen LogP contribution < -0.4 is 0 Å². The predicted molar refractivity (Wildman–Crippen MR) is 74.5 cm³/mol. The highest BCUT2D eigenvalue weighted by molar-refractivity contribution is 5.27. The average Bonchev–Trinajstić information content (AvgIpc) is 2.42. The summed E-state index contributed by atoms with van der Waals surface area (Å²) < 4.78 is 13.2. The van der Waals surface area contributed by atoms with E-state index in [0.29, 0.717) is 6.54 Å². The summed E-state index contributed by atoms with van der Waals surface area (Å²) in [5.41, 5.74) is 2.16. The summed E-state index contributed by atoms with van der Waals surface area (Å²) >= 11 is 0. The molecule has 0 aliphatic rings. The molecule has 2 rings (SSSR count). The zero-order valence-electron chi connectivity index (χ0n) is 11.0. The Morgan fingerprint density at radius 1 is 1.05 bits per heavy atom. The minimum absolute atomic E-state index is 0.296. The molecular weight excluding hydrogens is 241 g/mol. The van der Waals surface area contributed by atoms with Crippen LogP contribution in [0.25, 0.3) is 0 Å². The van der Waals surface area contributed by atoms with E-state index in [1.54, 1.807) is 6.07 Å². The van der Waals surface area contributed by atoms with Crippen LogP contribution in [0.5, 0.6) is 5.75 Å². The highest BCUT2D eigenvalue weighted by atomic mass is 19.1. The molecule has 0 spiro atoms. The lowest BCUT2D eigenvalue weighted by molar-refractivity contribution is 0.330. The first-order valence-electron chi connectivity index (χ1n) is 6.35. The topological polar surface area (TPSA) is 23.5 Å². The molecule has 0 aromatic heterocycles. The second kappa shape index (κ2) is 6.34. The number of nitrogens with zero attached hydrogens (tertiary/aromatic N) is 1. The van der Waals surface area contributed by atoms with Gasteiger partial charge in [-0.2, -0.15) is 0 Å². The van der Waals surface area contributed by atoms with Gasteiger partial charge in [0.05, 0.1) is 0 Å². The van der Waals surface area contributed by atoms with Gasteiger partial charge in [0.2, 0.25) is 0 Å². The minimum Gasteiger partial charge on any atom is -0.505 e. The maximum Gasteiger partial charge on any atom is 0.165 e. The van der Waals surface area contributed by atoms with E-state index in [0.717, 1.165) is 18.5 Å². The fourth-order valence-corrected chi connectivity index (χ4v) is 2.00. The first kappa shape index (κ1) is 13.6. The van der Waals surface area contributed by atoms with Gasteiger partial charge in [0.25, 0.3) is 0 Å². The lowest BCUT2D eigenvalue weighted by Gasteiger charge is -2.16. The van der Waals surface area contributed by atoms with Crippen molar-refractivity contribution in [1.82, 2.24) is 4.90 Å². The van der Waals surface area contributed by atoms with Crippen molar-refractivity contribution in [2.75, 3.05) is 13.6 Å². The van der Waals surface area contributed by atoms with Gasteiger partial charge in [-0.05, 0) is 36.7 Å². The molecule has 0 aliphatic carbocycles. The molecule has 1 N–H and O–H groups in total. The number of benzene rings is 2. The van der Waals surface area contributed by atoms with Crippen molar-refractivity contribution in [1.29, 1.82) is 0 Å². The Kier molecular flexibility index (Phi) is 4.53. The van der Waals surface area contributed by atoms with Crippen LogP contribution in [0.15, 0.2) is 48.5 Å². The number of hydrogen-bond donors (Lipinski definition) is 1. The van der Waals surface area contributed by atoms with Gasteiger partial charge in [-0.25, -0.2) is 4.39 Å². The van der Waals surface area contributed by atoms with Gasteiger partial charge in [-0.15, -0.1) is 0 Å². The van der Waals surface area contributed by atoms with Gasteiger partial charge in [-0.3, -0.25) is 0 Å². The van der Waals surface area contributed by atoms with E-state index < -0.39 is 5.82 Å². The van der Waals surface area contributed by atoms with Crippen molar-refractivity contribution in [2.24, 2.45) is 0 Å². The van der Waals surface area contributed by atoms with Crippen LogP contribution >= 0.6 is 0 Å². The van der Waals surface area contributed by atoms with Crippen LogP contribution in [0.1, 0.15) is 11.1 Å². The molecule has 2 nitrogen and oxygen atoms in total. The molecule has 0 unspecified atom stereocenters. The predicted octanol–water partition coefficient (Wildman–Crippen LogP) is 3.21. The molecule has 0 aliphatic heterocycles. The molecule has 3 heteroatoms. The SMILES string of the molecule is CN(CCc1ccccc1)Cc1ccc(O)c(F)c1. The van der Waals surface area contributed by atoms with E-state index in [1.807, 2.05) is 25.2 Å². The Hall–Kier alpha value is -1.87. The zero-order chi connectivity index (χ0) is 13.7. The summed E-state index contributed by atoms with van der Waals surface area (Å²) in [4.78, 5) is 2.14. The van der Waals surface area contributed by atoms with Crippen LogP contribution in [0.4, 0.5) is 4.39 Å². The fraction of sp³-hybridized carbons (Fsp3) is 0.250. The van der Waals surface area contributed by atoms with Crippen LogP contribution in [-0.2, 0) is 13.0 Å². The number of phenols is 1. The molecular formula is C16H18FNO. The molecule has 0 saturated heterocycles. The van der Waals surface area contributed by atoms with Gasteiger partial charge in [0, 0.05) is 13.1 Å². The van der Waals surface area contributed by atoms with Crippen LogP contribution in [0, 0.1) is 5.82 Å². The number of hydrogen-bond acceptors (Lipinski definition) is 2. The van der Waals surface area contributed by atoms with Crippen LogP contribution in [0.2, 0.25) is 0 Å². The zero-order valence-corrected chi connectivity index (χ0v) is 11.0. The molecule has 0 atom stereocenters. The third kappa shape index (κ3) is 4.07. The molecule has 2 aromatic rings. The Labute approximate surface area is 113 Å². The van der Waals surface area contributed by atoms with E-state index in [-0.39, 0.29) is 5.75 Å². The first-order valence-corrected chi connectivity index (χ1v) is 6.35. The Morgan fingerprint density at radius 2 is 1.79 bits per heavy atom. The van der Waals surface area contributed by atoms with Crippen molar-refractivity contribution in [3.05, 3.63) is 65.5 Å². The largest absolute Gasteiger partial charge is 0.505 e. The number of aromatic hydroxyl groups is 1. The van der Waals surface area contributed by atoms with E-state index in [1.165, 1.54) is 17.7 Å². The van der Waals surface area contributed by atoms with Gasteiger partial charge < -0.3 is 10.0 Å². The number of likely N-dealkylation sites (N-methyl/N-ethyl adjacent to an activating group) is 1. The normalized spacial score (nSPS) is 10.9. The lowest BCUT2D eigenvalue weighted by atomic mass is 10.1. The van der Waals surface area contributed by atoms with Crippen molar-refractivity contribution in [3.63, 3.8) is 0 Å². The Morgan fingerprint density at radius 3 is 2.47 bits per heavy atom. The Balaban J connectivity index is 1.87. The first-order chi connectivity index (χ1) is 9.15. The third-order valence-corrected chi connectivity index (χ3v) is 3.09. The van der Waals surface area contributed by atoms with Gasteiger partial charge in [0.1, 0.15) is 0 Å². The molecule has 100 valence electrons. The number of phenolic OH excluding ortho intramolecular Hbond substituents is 1. The maximum atomic E-state index is 13.2. The van der Waals surface area contributed by atoms with E-state index in [9.17, 15) is 4.39 Å². The molecule has 0 bridgehead atoms.